The number of ether oxygens (including phenoxy) is 1. The molecular formula is C19H17ClN2O3. The van der Waals surface area contributed by atoms with Gasteiger partial charge in [0, 0.05) is 5.02 Å². The molecule has 0 fully saturated rings. The van der Waals surface area contributed by atoms with Gasteiger partial charge in [0.25, 0.3) is 5.91 Å². The number of nitrogens with one attached hydrogen (secondary N) is 2. The lowest BCUT2D eigenvalue weighted by molar-refractivity contribution is -0.116. The minimum Gasteiger partial charge on any atom is -0.493 e. The quantitative estimate of drug-likeness (QED) is 0.749. The molecule has 2 N–H and O–H groups in total. The van der Waals surface area contributed by atoms with Crippen LogP contribution < -0.4 is 15.4 Å². The van der Waals surface area contributed by atoms with Gasteiger partial charge < -0.3 is 15.4 Å². The van der Waals surface area contributed by atoms with Crippen molar-refractivity contribution in [2.24, 2.45) is 0 Å². The lowest BCUT2D eigenvalue weighted by Crippen LogP contribution is -2.25. The van der Waals surface area contributed by atoms with Crippen molar-refractivity contribution in [3.05, 3.63) is 59.1 Å². The summed E-state index contributed by atoms with van der Waals surface area (Å²) in [5.41, 5.74) is 0.770. The first kappa shape index (κ1) is 18.4. The van der Waals surface area contributed by atoms with E-state index in [1.54, 1.807) is 48.5 Å². The van der Waals surface area contributed by atoms with Crippen LogP contribution in [0.3, 0.4) is 0 Å². The number of rotatable bonds is 7. The highest BCUT2D eigenvalue weighted by Gasteiger charge is 2.12. The molecule has 0 saturated heterocycles. The van der Waals surface area contributed by atoms with Gasteiger partial charge in [-0.1, -0.05) is 35.7 Å². The molecule has 0 spiro atoms. The molecule has 0 saturated carbocycles. The topological polar surface area (TPSA) is 67.4 Å². The lowest BCUT2D eigenvalue weighted by atomic mass is 10.1. The lowest BCUT2D eigenvalue weighted by Gasteiger charge is -2.11. The fourth-order valence-corrected chi connectivity index (χ4v) is 2.23. The molecule has 0 aliphatic heterocycles. The number of amides is 2. The Kier molecular flexibility index (Phi) is 6.87. The third-order valence-electron chi connectivity index (χ3n) is 3.19. The molecule has 2 amide bonds. The number of benzene rings is 2. The number of hydrogen-bond donors (Lipinski definition) is 2. The van der Waals surface area contributed by atoms with Gasteiger partial charge in [-0.05, 0) is 30.3 Å². The van der Waals surface area contributed by atoms with Crippen LogP contribution in [0, 0.1) is 12.3 Å². The van der Waals surface area contributed by atoms with Crippen LogP contribution in [-0.2, 0) is 4.79 Å². The van der Waals surface area contributed by atoms with Crippen molar-refractivity contribution in [3.8, 4) is 18.1 Å². The van der Waals surface area contributed by atoms with Crippen LogP contribution in [0.4, 0.5) is 5.69 Å². The van der Waals surface area contributed by atoms with Gasteiger partial charge in [0.15, 0.2) is 0 Å². The Labute approximate surface area is 151 Å². The highest BCUT2D eigenvalue weighted by molar-refractivity contribution is 6.30. The molecule has 2 aromatic carbocycles. The normalized spacial score (nSPS) is 9.76. The molecule has 25 heavy (non-hydrogen) atoms. The van der Waals surface area contributed by atoms with Gasteiger partial charge in [0.1, 0.15) is 5.75 Å². The summed E-state index contributed by atoms with van der Waals surface area (Å²) in [6, 6.07) is 13.6. The Morgan fingerprint density at radius 3 is 2.72 bits per heavy atom. The molecule has 2 rings (SSSR count). The van der Waals surface area contributed by atoms with Gasteiger partial charge in [-0.15, -0.1) is 6.42 Å². The summed E-state index contributed by atoms with van der Waals surface area (Å²) in [6.45, 7) is 0.312. The predicted molar refractivity (Wildman–Crippen MR) is 97.8 cm³/mol. The summed E-state index contributed by atoms with van der Waals surface area (Å²) in [7, 11) is 0. The first-order valence-corrected chi connectivity index (χ1v) is 7.97. The van der Waals surface area contributed by atoms with E-state index in [0.717, 1.165) is 0 Å². The van der Waals surface area contributed by atoms with Crippen molar-refractivity contribution >= 4 is 29.1 Å². The monoisotopic (exact) mass is 356 g/mol. The van der Waals surface area contributed by atoms with E-state index in [2.05, 4.69) is 16.6 Å². The zero-order valence-corrected chi connectivity index (χ0v) is 14.2. The second-order valence-electron chi connectivity index (χ2n) is 5.04. The fraction of sp³-hybridized carbons (Fsp3) is 0.158. The molecule has 0 aliphatic carbocycles. The highest BCUT2D eigenvalue weighted by Crippen LogP contribution is 2.18. The molecule has 5 nitrogen and oxygen atoms in total. The molecule has 0 radical (unpaired) electrons. The van der Waals surface area contributed by atoms with Gasteiger partial charge in [-0.25, -0.2) is 0 Å². The van der Waals surface area contributed by atoms with E-state index >= 15 is 0 Å². The van der Waals surface area contributed by atoms with Crippen molar-refractivity contribution in [2.45, 2.75) is 6.42 Å². The summed E-state index contributed by atoms with van der Waals surface area (Å²) in [5, 5.41) is 5.84. The van der Waals surface area contributed by atoms with Crippen molar-refractivity contribution in [1.29, 1.82) is 0 Å². The summed E-state index contributed by atoms with van der Waals surface area (Å²) in [5.74, 6) is 2.31. The average molecular weight is 357 g/mol. The number of hydrogen-bond acceptors (Lipinski definition) is 3. The second kappa shape index (κ2) is 9.36. The summed E-state index contributed by atoms with van der Waals surface area (Å²) in [6.07, 6.45) is 5.26. The minimum atomic E-state index is -0.343. The third kappa shape index (κ3) is 5.87. The van der Waals surface area contributed by atoms with Crippen LogP contribution in [0.15, 0.2) is 48.5 Å². The third-order valence-corrected chi connectivity index (χ3v) is 3.43. The van der Waals surface area contributed by atoms with Gasteiger partial charge in [-0.2, -0.15) is 0 Å². The molecule has 0 bridgehead atoms. The second-order valence-corrected chi connectivity index (χ2v) is 5.47. The Morgan fingerprint density at radius 1 is 1.16 bits per heavy atom. The molecule has 6 heteroatoms. The number of carbonyl (C=O) groups is 2. The summed E-state index contributed by atoms with van der Waals surface area (Å²) >= 11 is 5.87. The number of anilines is 1. The molecule has 128 valence electrons. The highest BCUT2D eigenvalue weighted by atomic mass is 35.5. The smallest absolute Gasteiger partial charge is 0.254 e. The number of para-hydroxylation sites is 1. The van der Waals surface area contributed by atoms with Gasteiger partial charge >= 0.3 is 0 Å². The minimum absolute atomic E-state index is 0.120. The van der Waals surface area contributed by atoms with Gasteiger partial charge in [0.05, 0.1) is 30.8 Å². The Bertz CT molecular complexity index is 799. The van der Waals surface area contributed by atoms with E-state index in [4.69, 9.17) is 22.8 Å². The maximum atomic E-state index is 12.1. The first-order valence-electron chi connectivity index (χ1n) is 7.59. The van der Waals surface area contributed by atoms with Gasteiger partial charge in [-0.3, -0.25) is 9.59 Å². The van der Waals surface area contributed by atoms with Crippen LogP contribution in [0.2, 0.25) is 5.02 Å². The van der Waals surface area contributed by atoms with Crippen molar-refractivity contribution in [1.82, 2.24) is 5.32 Å². The van der Waals surface area contributed by atoms with Crippen LogP contribution >= 0.6 is 11.6 Å². The van der Waals surface area contributed by atoms with Gasteiger partial charge in [0.2, 0.25) is 5.91 Å². The molecule has 2 aromatic rings. The standard InChI is InChI=1S/C19H17ClN2O3/c1-2-11-21-19(24)16-8-3-4-9-17(16)22-18(23)10-12-25-15-7-5-6-14(20)13-15/h1,3-9,13H,10-12H2,(H,21,24)(H,22,23). The predicted octanol–water partition coefficient (Wildman–Crippen LogP) is 3.11. The van der Waals surface area contributed by atoms with E-state index in [-0.39, 0.29) is 31.4 Å². The maximum Gasteiger partial charge on any atom is 0.254 e. The Morgan fingerprint density at radius 2 is 1.96 bits per heavy atom. The van der Waals surface area contributed by atoms with E-state index in [1.807, 2.05) is 0 Å². The molecule has 0 unspecified atom stereocenters. The largest absolute Gasteiger partial charge is 0.493 e. The van der Waals surface area contributed by atoms with E-state index < -0.39 is 0 Å². The molecular weight excluding hydrogens is 340 g/mol. The van der Waals surface area contributed by atoms with E-state index in [9.17, 15) is 9.59 Å². The fourth-order valence-electron chi connectivity index (χ4n) is 2.05. The summed E-state index contributed by atoms with van der Waals surface area (Å²) in [4.78, 5) is 24.1. The number of carbonyl (C=O) groups excluding carboxylic acids is 2. The maximum absolute atomic E-state index is 12.1. The van der Waals surface area contributed by atoms with Crippen LogP contribution in [0.1, 0.15) is 16.8 Å². The van der Waals surface area contributed by atoms with E-state index in [0.29, 0.717) is 22.0 Å². The zero-order valence-electron chi connectivity index (χ0n) is 13.4. The van der Waals surface area contributed by atoms with Crippen molar-refractivity contribution in [3.63, 3.8) is 0 Å². The SMILES string of the molecule is C#CCNC(=O)c1ccccc1NC(=O)CCOc1cccc(Cl)c1. The number of halogens is 1. The molecule has 0 aromatic heterocycles. The van der Waals surface area contributed by atoms with Crippen molar-refractivity contribution in [2.75, 3.05) is 18.5 Å². The summed E-state index contributed by atoms with van der Waals surface area (Å²) < 4.78 is 5.48. The van der Waals surface area contributed by atoms with E-state index in [1.165, 1.54) is 0 Å². The van der Waals surface area contributed by atoms with Crippen molar-refractivity contribution < 1.29 is 14.3 Å². The van der Waals surface area contributed by atoms with Crippen LogP contribution in [0.25, 0.3) is 0 Å². The Balaban J connectivity index is 1.90. The first-order chi connectivity index (χ1) is 12.1. The molecule has 0 heterocycles. The number of terminal acetylenes is 1. The van der Waals surface area contributed by atoms with Crippen LogP contribution in [0.5, 0.6) is 5.75 Å². The molecule has 0 aliphatic rings. The molecule has 0 atom stereocenters. The Hall–Kier alpha value is -2.97. The van der Waals surface area contributed by atoms with Crippen LogP contribution in [-0.4, -0.2) is 25.0 Å². The zero-order chi connectivity index (χ0) is 18.1. The average Bonchev–Trinajstić information content (AvgIpc) is 2.60.